The lowest BCUT2D eigenvalue weighted by molar-refractivity contribution is 0.261. The van der Waals surface area contributed by atoms with Crippen LogP contribution in [0.4, 0.5) is 0 Å². The number of aromatic nitrogens is 2. The largest absolute Gasteiger partial charge is 0.489 e. The Balaban J connectivity index is 1.49. The molecule has 0 radical (unpaired) electrons. The van der Waals surface area contributed by atoms with E-state index in [1.807, 2.05) is 67.6 Å². The number of aromatic amines is 1. The van der Waals surface area contributed by atoms with Crippen molar-refractivity contribution >= 4 is 5.57 Å². The number of rotatable bonds is 7. The third-order valence-corrected chi connectivity index (χ3v) is 4.98. The predicted octanol–water partition coefficient (Wildman–Crippen LogP) is 4.48. The van der Waals surface area contributed by atoms with Crippen LogP contribution in [0.1, 0.15) is 18.1 Å². The van der Waals surface area contributed by atoms with Crippen molar-refractivity contribution in [3.05, 3.63) is 117 Å². The number of hydrogen-bond acceptors (Lipinski definition) is 4. The van der Waals surface area contributed by atoms with E-state index in [1.54, 1.807) is 0 Å². The zero-order valence-corrected chi connectivity index (χ0v) is 17.1. The van der Waals surface area contributed by atoms with Gasteiger partial charge in [-0.1, -0.05) is 72.8 Å². The summed E-state index contributed by atoms with van der Waals surface area (Å²) in [6.45, 7) is 2.54. The summed E-state index contributed by atoms with van der Waals surface area (Å²) < 4.78 is 11.8. The SMILES string of the molecule is C/C(=C\Cn1oc(=O)[nH]c1=O)c1cccc(OCc2ccccc2-c2ccccc2)c1. The molecule has 0 fully saturated rings. The van der Waals surface area contributed by atoms with Crippen LogP contribution in [-0.4, -0.2) is 9.72 Å². The summed E-state index contributed by atoms with van der Waals surface area (Å²) in [6.07, 6.45) is 1.82. The van der Waals surface area contributed by atoms with Crippen molar-refractivity contribution in [3.8, 4) is 16.9 Å². The molecule has 0 amide bonds. The zero-order valence-electron chi connectivity index (χ0n) is 17.1. The topological polar surface area (TPSA) is 77.2 Å². The highest BCUT2D eigenvalue weighted by Gasteiger charge is 2.06. The van der Waals surface area contributed by atoms with Crippen molar-refractivity contribution in [1.82, 2.24) is 9.72 Å². The van der Waals surface area contributed by atoms with E-state index in [9.17, 15) is 9.59 Å². The number of ether oxygens (including phenoxy) is 1. The molecule has 156 valence electrons. The van der Waals surface area contributed by atoms with E-state index in [1.165, 1.54) is 0 Å². The minimum atomic E-state index is -0.762. The van der Waals surface area contributed by atoms with Crippen LogP contribution < -0.4 is 16.2 Å². The third kappa shape index (κ3) is 4.93. The van der Waals surface area contributed by atoms with E-state index < -0.39 is 11.4 Å². The number of benzene rings is 3. The molecule has 1 N–H and O–H groups in total. The van der Waals surface area contributed by atoms with Crippen LogP contribution in [0.5, 0.6) is 5.75 Å². The molecule has 0 bridgehead atoms. The minimum absolute atomic E-state index is 0.166. The van der Waals surface area contributed by atoms with Gasteiger partial charge < -0.3 is 9.26 Å². The maximum atomic E-state index is 11.6. The number of nitrogens with zero attached hydrogens (tertiary/aromatic N) is 1. The molecule has 0 saturated heterocycles. The average Bonchev–Trinajstić information content (AvgIpc) is 3.13. The third-order valence-electron chi connectivity index (χ3n) is 4.98. The van der Waals surface area contributed by atoms with Gasteiger partial charge >= 0.3 is 11.4 Å². The van der Waals surface area contributed by atoms with Gasteiger partial charge in [0.15, 0.2) is 0 Å². The quantitative estimate of drug-likeness (QED) is 0.484. The molecule has 4 aromatic rings. The maximum absolute atomic E-state index is 11.6. The number of allylic oxidation sites excluding steroid dienone is 2. The molecule has 0 aliphatic heterocycles. The zero-order chi connectivity index (χ0) is 21.6. The molecule has 0 aliphatic rings. The monoisotopic (exact) mass is 414 g/mol. The molecule has 4 rings (SSSR count). The van der Waals surface area contributed by atoms with Gasteiger partial charge in [-0.2, -0.15) is 0 Å². The Kier molecular flexibility index (Phi) is 5.98. The minimum Gasteiger partial charge on any atom is -0.489 e. The van der Waals surface area contributed by atoms with Crippen LogP contribution in [0.25, 0.3) is 16.7 Å². The molecule has 0 saturated carbocycles. The molecular formula is C25H22N2O4. The van der Waals surface area contributed by atoms with Gasteiger partial charge in [-0.05, 0) is 46.9 Å². The first-order valence-electron chi connectivity index (χ1n) is 9.94. The highest BCUT2D eigenvalue weighted by atomic mass is 16.5. The molecule has 3 aromatic carbocycles. The lowest BCUT2D eigenvalue weighted by atomic mass is 10.0. The fourth-order valence-corrected chi connectivity index (χ4v) is 3.31. The lowest BCUT2D eigenvalue weighted by Gasteiger charge is -2.12. The van der Waals surface area contributed by atoms with Crippen LogP contribution in [0.15, 0.2) is 99.1 Å². The Hall–Kier alpha value is -4.06. The van der Waals surface area contributed by atoms with E-state index in [0.29, 0.717) is 6.61 Å². The normalized spacial score (nSPS) is 11.5. The van der Waals surface area contributed by atoms with Crippen molar-refractivity contribution < 1.29 is 9.26 Å². The number of nitrogens with one attached hydrogen (secondary N) is 1. The smallest absolute Gasteiger partial charge is 0.440 e. The maximum Gasteiger partial charge on any atom is 0.440 e. The number of H-pyrrole nitrogens is 1. The Bertz CT molecular complexity index is 1310. The summed E-state index contributed by atoms with van der Waals surface area (Å²) in [5.74, 6) is -0.0132. The lowest BCUT2D eigenvalue weighted by Crippen LogP contribution is -2.15. The Morgan fingerprint density at radius 2 is 1.77 bits per heavy atom. The summed E-state index contributed by atoms with van der Waals surface area (Å²) in [6, 6.07) is 26.2. The highest BCUT2D eigenvalue weighted by Crippen LogP contribution is 2.26. The Morgan fingerprint density at radius 1 is 1.00 bits per heavy atom. The predicted molar refractivity (Wildman–Crippen MR) is 120 cm³/mol. The summed E-state index contributed by atoms with van der Waals surface area (Å²) in [5.41, 5.74) is 4.73. The van der Waals surface area contributed by atoms with E-state index in [-0.39, 0.29) is 6.54 Å². The molecule has 6 heteroatoms. The molecule has 0 unspecified atom stereocenters. The van der Waals surface area contributed by atoms with Gasteiger partial charge in [0.2, 0.25) is 0 Å². The molecule has 0 spiro atoms. The second kappa shape index (κ2) is 9.17. The molecule has 6 nitrogen and oxygen atoms in total. The van der Waals surface area contributed by atoms with Gasteiger partial charge in [0.05, 0.1) is 6.54 Å². The van der Waals surface area contributed by atoms with Crippen molar-refractivity contribution in [2.45, 2.75) is 20.1 Å². The summed E-state index contributed by atoms with van der Waals surface area (Å²) in [5, 5.41) is 0. The number of hydrogen-bond donors (Lipinski definition) is 1. The van der Waals surface area contributed by atoms with E-state index >= 15 is 0 Å². The van der Waals surface area contributed by atoms with Crippen LogP contribution in [0.3, 0.4) is 0 Å². The van der Waals surface area contributed by atoms with E-state index in [4.69, 9.17) is 9.26 Å². The molecule has 31 heavy (non-hydrogen) atoms. The Labute approximate surface area is 179 Å². The van der Waals surface area contributed by atoms with E-state index in [0.717, 1.165) is 38.3 Å². The summed E-state index contributed by atoms with van der Waals surface area (Å²) in [4.78, 5) is 24.7. The molecule has 1 heterocycles. The van der Waals surface area contributed by atoms with Crippen molar-refractivity contribution in [1.29, 1.82) is 0 Å². The average molecular weight is 414 g/mol. The van der Waals surface area contributed by atoms with Gasteiger partial charge in [0, 0.05) is 0 Å². The Morgan fingerprint density at radius 3 is 2.55 bits per heavy atom. The van der Waals surface area contributed by atoms with Crippen LogP contribution in [0, 0.1) is 0 Å². The van der Waals surface area contributed by atoms with Gasteiger partial charge in [-0.15, -0.1) is 4.74 Å². The molecule has 1 aromatic heterocycles. The van der Waals surface area contributed by atoms with Gasteiger partial charge in [0.25, 0.3) is 0 Å². The molecule has 0 atom stereocenters. The van der Waals surface area contributed by atoms with Gasteiger partial charge in [-0.25, -0.2) is 14.6 Å². The van der Waals surface area contributed by atoms with Crippen LogP contribution in [0.2, 0.25) is 0 Å². The second-order valence-electron chi connectivity index (χ2n) is 7.10. The standard InChI is InChI=1S/C25H22N2O4/c1-18(14-15-27-24(28)26-25(29)31-27)20-11-7-12-22(16-20)30-17-21-10-5-6-13-23(21)19-8-3-2-4-9-19/h2-14,16H,15,17H2,1H3,(H,26,28,29)/b18-14+. The summed E-state index contributed by atoms with van der Waals surface area (Å²) in [7, 11) is 0. The first kappa shape index (κ1) is 20.2. The molecular weight excluding hydrogens is 392 g/mol. The summed E-state index contributed by atoms with van der Waals surface area (Å²) >= 11 is 0. The molecule has 0 aliphatic carbocycles. The fourth-order valence-electron chi connectivity index (χ4n) is 3.31. The van der Waals surface area contributed by atoms with E-state index in [2.05, 4.69) is 29.2 Å². The van der Waals surface area contributed by atoms with Gasteiger partial charge in [-0.3, -0.25) is 0 Å². The first-order chi connectivity index (χ1) is 15.1. The first-order valence-corrected chi connectivity index (χ1v) is 9.94. The van der Waals surface area contributed by atoms with Crippen molar-refractivity contribution in [3.63, 3.8) is 0 Å². The van der Waals surface area contributed by atoms with Crippen molar-refractivity contribution in [2.24, 2.45) is 0 Å². The second-order valence-corrected chi connectivity index (χ2v) is 7.10. The van der Waals surface area contributed by atoms with Crippen LogP contribution in [-0.2, 0) is 13.2 Å². The van der Waals surface area contributed by atoms with Crippen LogP contribution >= 0.6 is 0 Å². The fraction of sp³-hybridized carbons (Fsp3) is 0.120. The van der Waals surface area contributed by atoms with Gasteiger partial charge in [0.1, 0.15) is 12.4 Å². The van der Waals surface area contributed by atoms with Crippen molar-refractivity contribution in [2.75, 3.05) is 0 Å². The highest BCUT2D eigenvalue weighted by molar-refractivity contribution is 5.67.